The zero-order chi connectivity index (χ0) is 10.8. The van der Waals surface area contributed by atoms with Crippen molar-refractivity contribution in [3.63, 3.8) is 0 Å². The molecule has 3 heteroatoms. The van der Waals surface area contributed by atoms with Gasteiger partial charge in [0.05, 0.1) is 18.0 Å². The van der Waals surface area contributed by atoms with Gasteiger partial charge in [-0.3, -0.25) is 4.99 Å². The summed E-state index contributed by atoms with van der Waals surface area (Å²) in [6.07, 6.45) is 2.21. The van der Waals surface area contributed by atoms with Gasteiger partial charge >= 0.3 is 0 Å². The van der Waals surface area contributed by atoms with E-state index >= 15 is 0 Å². The van der Waals surface area contributed by atoms with Gasteiger partial charge in [-0.15, -0.1) is 0 Å². The fraction of sp³-hybridized carbons (Fsp3) is 0.909. The fourth-order valence-electron chi connectivity index (χ4n) is 1.86. The molecular formula is C11H22N2O. The Morgan fingerprint density at radius 3 is 2.57 bits per heavy atom. The van der Waals surface area contributed by atoms with Crippen molar-refractivity contribution in [2.24, 2.45) is 16.1 Å². The zero-order valence-corrected chi connectivity index (χ0v) is 9.71. The van der Waals surface area contributed by atoms with E-state index in [-0.39, 0.29) is 5.41 Å². The normalized spacial score (nSPS) is 31.3. The lowest BCUT2D eigenvalue weighted by Gasteiger charge is -2.49. The highest BCUT2D eigenvalue weighted by Crippen LogP contribution is 2.44. The van der Waals surface area contributed by atoms with Crippen LogP contribution in [0, 0.1) is 5.41 Å². The molecule has 0 radical (unpaired) electrons. The molecule has 1 aliphatic rings. The van der Waals surface area contributed by atoms with Crippen LogP contribution in [-0.2, 0) is 4.74 Å². The lowest BCUT2D eigenvalue weighted by Crippen LogP contribution is -2.54. The van der Waals surface area contributed by atoms with E-state index in [1.54, 1.807) is 0 Å². The average Bonchev–Trinajstić information content (AvgIpc) is 2.16. The second-order valence-electron chi connectivity index (χ2n) is 4.49. The molecular weight excluding hydrogens is 176 g/mol. The monoisotopic (exact) mass is 198 g/mol. The van der Waals surface area contributed by atoms with E-state index in [1.807, 2.05) is 13.8 Å². The molecule has 1 rings (SSSR count). The van der Waals surface area contributed by atoms with Crippen LogP contribution in [0.15, 0.2) is 4.99 Å². The Hall–Kier alpha value is -0.570. The topological polar surface area (TPSA) is 47.6 Å². The van der Waals surface area contributed by atoms with Crippen molar-refractivity contribution in [1.82, 2.24) is 0 Å². The van der Waals surface area contributed by atoms with Gasteiger partial charge in [-0.1, -0.05) is 20.8 Å². The van der Waals surface area contributed by atoms with Crippen LogP contribution in [0.25, 0.3) is 0 Å². The van der Waals surface area contributed by atoms with Crippen LogP contribution in [0.5, 0.6) is 0 Å². The smallest absolute Gasteiger partial charge is 0.0937 e. The Balaban J connectivity index is 2.54. The number of rotatable bonds is 4. The summed E-state index contributed by atoms with van der Waals surface area (Å²) >= 11 is 0. The number of hydrogen-bond donors (Lipinski definition) is 1. The van der Waals surface area contributed by atoms with Gasteiger partial charge in [0, 0.05) is 18.4 Å². The molecule has 0 aromatic carbocycles. The SMILES string of the molecule is CCOC1CC(N=C(N)CC)C1(C)C. The maximum Gasteiger partial charge on any atom is 0.0937 e. The molecule has 82 valence electrons. The van der Waals surface area contributed by atoms with Crippen LogP contribution < -0.4 is 5.73 Å². The van der Waals surface area contributed by atoms with E-state index in [1.165, 1.54) is 0 Å². The Bertz CT molecular complexity index is 223. The molecule has 2 atom stereocenters. The van der Waals surface area contributed by atoms with Crippen LogP contribution >= 0.6 is 0 Å². The summed E-state index contributed by atoms with van der Waals surface area (Å²) in [5, 5.41) is 0. The van der Waals surface area contributed by atoms with Crippen LogP contribution in [-0.4, -0.2) is 24.6 Å². The highest BCUT2D eigenvalue weighted by Gasteiger charge is 2.48. The molecule has 0 aromatic rings. The minimum atomic E-state index is 0.149. The average molecular weight is 198 g/mol. The van der Waals surface area contributed by atoms with E-state index < -0.39 is 0 Å². The molecule has 0 bridgehead atoms. The van der Waals surface area contributed by atoms with Crippen molar-refractivity contribution < 1.29 is 4.74 Å². The van der Waals surface area contributed by atoms with E-state index in [4.69, 9.17) is 10.5 Å². The molecule has 0 amide bonds. The first-order chi connectivity index (χ1) is 6.52. The minimum Gasteiger partial charge on any atom is -0.387 e. The molecule has 1 saturated carbocycles. The van der Waals surface area contributed by atoms with Crippen molar-refractivity contribution in [2.45, 2.75) is 52.7 Å². The first kappa shape index (κ1) is 11.5. The van der Waals surface area contributed by atoms with Crippen LogP contribution in [0.2, 0.25) is 0 Å². The van der Waals surface area contributed by atoms with Crippen molar-refractivity contribution >= 4 is 5.84 Å². The number of amidine groups is 1. The van der Waals surface area contributed by atoms with E-state index in [0.717, 1.165) is 25.3 Å². The van der Waals surface area contributed by atoms with Crippen molar-refractivity contribution in [2.75, 3.05) is 6.61 Å². The molecule has 3 nitrogen and oxygen atoms in total. The van der Waals surface area contributed by atoms with Gasteiger partial charge in [-0.25, -0.2) is 0 Å². The fourth-order valence-corrected chi connectivity index (χ4v) is 1.86. The number of nitrogens with two attached hydrogens (primary N) is 1. The molecule has 0 heterocycles. The molecule has 2 unspecified atom stereocenters. The number of hydrogen-bond acceptors (Lipinski definition) is 2. The summed E-state index contributed by atoms with van der Waals surface area (Å²) < 4.78 is 5.63. The Labute approximate surface area is 86.7 Å². The highest BCUT2D eigenvalue weighted by atomic mass is 16.5. The summed E-state index contributed by atoms with van der Waals surface area (Å²) in [5.74, 6) is 0.762. The lowest BCUT2D eigenvalue weighted by molar-refractivity contribution is -0.103. The third-order valence-corrected chi connectivity index (χ3v) is 3.18. The largest absolute Gasteiger partial charge is 0.387 e. The van der Waals surface area contributed by atoms with Gasteiger partial charge in [-0.2, -0.15) is 0 Å². The molecule has 0 aliphatic heterocycles. The van der Waals surface area contributed by atoms with Crippen LogP contribution in [0.1, 0.15) is 40.5 Å². The Morgan fingerprint density at radius 1 is 1.50 bits per heavy atom. The maximum absolute atomic E-state index is 5.73. The summed E-state index contributed by atoms with van der Waals surface area (Å²) in [4.78, 5) is 4.50. The van der Waals surface area contributed by atoms with Gasteiger partial charge in [0.1, 0.15) is 0 Å². The molecule has 14 heavy (non-hydrogen) atoms. The van der Waals surface area contributed by atoms with E-state index in [2.05, 4.69) is 18.8 Å². The third-order valence-electron chi connectivity index (χ3n) is 3.18. The van der Waals surface area contributed by atoms with Gasteiger partial charge in [0.2, 0.25) is 0 Å². The molecule has 1 aliphatic carbocycles. The first-order valence-electron chi connectivity index (χ1n) is 5.46. The molecule has 2 N–H and O–H groups in total. The lowest BCUT2D eigenvalue weighted by atomic mass is 9.64. The van der Waals surface area contributed by atoms with Crippen molar-refractivity contribution in [3.8, 4) is 0 Å². The van der Waals surface area contributed by atoms with Gasteiger partial charge in [0.15, 0.2) is 0 Å². The second-order valence-corrected chi connectivity index (χ2v) is 4.49. The molecule has 0 spiro atoms. The highest BCUT2D eigenvalue weighted by molar-refractivity contribution is 5.80. The summed E-state index contributed by atoms with van der Waals surface area (Å²) in [6, 6.07) is 0.346. The maximum atomic E-state index is 5.73. The van der Waals surface area contributed by atoms with Crippen molar-refractivity contribution in [1.29, 1.82) is 0 Å². The summed E-state index contributed by atoms with van der Waals surface area (Å²) in [5.41, 5.74) is 5.88. The zero-order valence-electron chi connectivity index (χ0n) is 9.71. The number of aliphatic imine (C=N–C) groups is 1. The predicted molar refractivity (Wildman–Crippen MR) is 59.5 cm³/mol. The Kier molecular flexibility index (Phi) is 3.53. The van der Waals surface area contributed by atoms with Crippen LogP contribution in [0.4, 0.5) is 0 Å². The minimum absolute atomic E-state index is 0.149. The molecule has 0 aromatic heterocycles. The molecule has 0 saturated heterocycles. The summed E-state index contributed by atoms with van der Waals surface area (Å²) in [7, 11) is 0. The third kappa shape index (κ3) is 2.08. The predicted octanol–water partition coefficient (Wildman–Crippen LogP) is 1.96. The number of nitrogens with zero attached hydrogens (tertiary/aromatic N) is 1. The van der Waals surface area contributed by atoms with E-state index in [9.17, 15) is 0 Å². The second kappa shape index (κ2) is 4.30. The van der Waals surface area contributed by atoms with Crippen molar-refractivity contribution in [3.05, 3.63) is 0 Å². The quantitative estimate of drug-likeness (QED) is 0.554. The van der Waals surface area contributed by atoms with Crippen LogP contribution in [0.3, 0.4) is 0 Å². The van der Waals surface area contributed by atoms with Gasteiger partial charge < -0.3 is 10.5 Å². The summed E-state index contributed by atoms with van der Waals surface area (Å²) in [6.45, 7) is 9.26. The molecule has 1 fully saturated rings. The first-order valence-corrected chi connectivity index (χ1v) is 5.46. The van der Waals surface area contributed by atoms with Gasteiger partial charge in [-0.05, 0) is 13.3 Å². The number of ether oxygens (including phenoxy) is 1. The van der Waals surface area contributed by atoms with E-state index in [0.29, 0.717) is 12.1 Å². The van der Waals surface area contributed by atoms with Gasteiger partial charge in [0.25, 0.3) is 0 Å². The standard InChI is InChI=1S/C11H22N2O/c1-5-10(12)13-8-7-9(14-6-2)11(8,3)4/h8-9H,5-7H2,1-4H3,(H2,12,13). The Morgan fingerprint density at radius 2 is 2.14 bits per heavy atom.